The molecule has 0 saturated heterocycles. The van der Waals surface area contributed by atoms with Gasteiger partial charge >= 0.3 is 0 Å². The fourth-order valence-electron chi connectivity index (χ4n) is 2.48. The molecule has 1 amide bonds. The van der Waals surface area contributed by atoms with Crippen molar-refractivity contribution in [2.75, 3.05) is 12.3 Å². The van der Waals surface area contributed by atoms with Gasteiger partial charge in [-0.1, -0.05) is 17.8 Å². The van der Waals surface area contributed by atoms with Crippen LogP contribution in [0.1, 0.15) is 26.2 Å². The van der Waals surface area contributed by atoms with Gasteiger partial charge in [0.2, 0.25) is 5.91 Å². The van der Waals surface area contributed by atoms with Crippen LogP contribution in [-0.2, 0) is 4.79 Å². The van der Waals surface area contributed by atoms with Crippen LogP contribution in [0.15, 0.2) is 39.7 Å². The third-order valence-corrected chi connectivity index (χ3v) is 4.34. The molecule has 7 heteroatoms. The molecule has 6 nitrogen and oxygen atoms in total. The highest BCUT2D eigenvalue weighted by Crippen LogP contribution is 2.25. The number of allylic oxidation sites excluding steroid dienone is 2. The summed E-state index contributed by atoms with van der Waals surface area (Å²) >= 11 is 1.28. The Labute approximate surface area is 133 Å². The molecule has 0 atom stereocenters. The second kappa shape index (κ2) is 6.83. The number of hydrogen-bond donors (Lipinski definition) is 1. The van der Waals surface area contributed by atoms with Gasteiger partial charge in [-0.15, -0.1) is 10.2 Å². The summed E-state index contributed by atoms with van der Waals surface area (Å²) in [5, 5.41) is 8.35. The Hall–Kier alpha value is -2.02. The Balaban J connectivity index is 1.59. The molecule has 0 aliphatic heterocycles. The van der Waals surface area contributed by atoms with Crippen LogP contribution in [0, 0.1) is 0 Å². The summed E-state index contributed by atoms with van der Waals surface area (Å²) < 4.78 is 5.54. The van der Waals surface area contributed by atoms with Crippen LogP contribution in [0.4, 0.5) is 0 Å². The number of carbonyl (C=O) groups excluding carboxylic acids is 1. The first-order valence-corrected chi connectivity index (χ1v) is 8.36. The number of aromatic amines is 1. The van der Waals surface area contributed by atoms with Crippen molar-refractivity contribution in [2.45, 2.75) is 31.4 Å². The average molecular weight is 318 g/mol. The van der Waals surface area contributed by atoms with Crippen molar-refractivity contribution in [3.63, 3.8) is 0 Å². The SMILES string of the molecule is CCN(C(=O)CSc1nnc(-c2ccc[nH]2)o1)C1=CCCC1. The van der Waals surface area contributed by atoms with Crippen molar-refractivity contribution in [2.24, 2.45) is 0 Å². The first-order chi connectivity index (χ1) is 10.8. The molecule has 2 heterocycles. The molecule has 1 aliphatic rings. The van der Waals surface area contributed by atoms with Crippen LogP contribution in [0.5, 0.6) is 0 Å². The maximum atomic E-state index is 12.3. The van der Waals surface area contributed by atoms with Gasteiger partial charge in [-0.05, 0) is 38.3 Å². The van der Waals surface area contributed by atoms with Crippen molar-refractivity contribution in [1.29, 1.82) is 0 Å². The van der Waals surface area contributed by atoms with E-state index in [4.69, 9.17) is 4.42 Å². The highest BCUT2D eigenvalue weighted by atomic mass is 32.2. The van der Waals surface area contributed by atoms with E-state index in [0.717, 1.165) is 30.7 Å². The minimum atomic E-state index is 0.0836. The van der Waals surface area contributed by atoms with Gasteiger partial charge < -0.3 is 14.3 Å². The molecule has 0 unspecified atom stereocenters. The first kappa shape index (κ1) is 14.9. The molecule has 116 valence electrons. The summed E-state index contributed by atoms with van der Waals surface area (Å²) in [5.74, 6) is 0.823. The molecule has 0 spiro atoms. The second-order valence-electron chi connectivity index (χ2n) is 4.97. The van der Waals surface area contributed by atoms with E-state index in [2.05, 4.69) is 21.3 Å². The van der Waals surface area contributed by atoms with E-state index in [1.807, 2.05) is 24.0 Å². The van der Waals surface area contributed by atoms with Gasteiger partial charge in [0.25, 0.3) is 11.1 Å². The lowest BCUT2D eigenvalue weighted by molar-refractivity contribution is -0.126. The molecule has 2 aromatic heterocycles. The number of thioether (sulfide) groups is 1. The molecule has 22 heavy (non-hydrogen) atoms. The number of H-pyrrole nitrogens is 1. The van der Waals surface area contributed by atoms with E-state index in [-0.39, 0.29) is 5.91 Å². The third-order valence-electron chi connectivity index (χ3n) is 3.53. The Bertz CT molecular complexity index is 663. The summed E-state index contributed by atoms with van der Waals surface area (Å²) in [5.41, 5.74) is 1.92. The van der Waals surface area contributed by atoms with Crippen molar-refractivity contribution < 1.29 is 9.21 Å². The number of nitrogens with zero attached hydrogens (tertiary/aromatic N) is 3. The molecule has 0 saturated carbocycles. The van der Waals surface area contributed by atoms with E-state index in [1.165, 1.54) is 11.8 Å². The van der Waals surface area contributed by atoms with E-state index in [9.17, 15) is 4.79 Å². The van der Waals surface area contributed by atoms with Crippen LogP contribution in [0.3, 0.4) is 0 Å². The van der Waals surface area contributed by atoms with E-state index < -0.39 is 0 Å². The molecule has 1 aliphatic carbocycles. The van der Waals surface area contributed by atoms with Crippen LogP contribution in [0.2, 0.25) is 0 Å². The topological polar surface area (TPSA) is 75.0 Å². The molecular weight excluding hydrogens is 300 g/mol. The summed E-state index contributed by atoms with van der Waals surface area (Å²) in [6.07, 6.45) is 7.14. The van der Waals surface area contributed by atoms with Gasteiger partial charge in [-0.2, -0.15) is 0 Å². The van der Waals surface area contributed by atoms with Crippen molar-refractivity contribution in [1.82, 2.24) is 20.1 Å². The number of aromatic nitrogens is 3. The van der Waals surface area contributed by atoms with Crippen molar-refractivity contribution in [3.8, 4) is 11.6 Å². The first-order valence-electron chi connectivity index (χ1n) is 7.37. The van der Waals surface area contributed by atoms with Gasteiger partial charge in [0.05, 0.1) is 5.75 Å². The van der Waals surface area contributed by atoms with E-state index in [1.54, 1.807) is 6.20 Å². The van der Waals surface area contributed by atoms with Gasteiger partial charge in [0.1, 0.15) is 5.69 Å². The normalized spacial score (nSPS) is 14.1. The quantitative estimate of drug-likeness (QED) is 0.828. The summed E-state index contributed by atoms with van der Waals surface area (Å²) in [7, 11) is 0. The largest absolute Gasteiger partial charge is 0.410 e. The van der Waals surface area contributed by atoms with Crippen molar-refractivity contribution in [3.05, 3.63) is 30.1 Å². The molecule has 0 fully saturated rings. The molecule has 0 bridgehead atoms. The number of hydrogen-bond acceptors (Lipinski definition) is 5. The fraction of sp³-hybridized carbons (Fsp3) is 0.400. The maximum absolute atomic E-state index is 12.3. The van der Waals surface area contributed by atoms with Crippen molar-refractivity contribution >= 4 is 17.7 Å². The molecule has 1 N–H and O–H groups in total. The smallest absolute Gasteiger partial charge is 0.277 e. The predicted molar refractivity (Wildman–Crippen MR) is 84.1 cm³/mol. The zero-order valence-corrected chi connectivity index (χ0v) is 13.2. The minimum Gasteiger partial charge on any atom is -0.410 e. The lowest BCUT2D eigenvalue weighted by atomic mass is 10.3. The summed E-state index contributed by atoms with van der Waals surface area (Å²) in [6.45, 7) is 2.69. The highest BCUT2D eigenvalue weighted by molar-refractivity contribution is 7.99. The van der Waals surface area contributed by atoms with Crippen LogP contribution >= 0.6 is 11.8 Å². The van der Waals surface area contributed by atoms with Gasteiger partial charge in [-0.3, -0.25) is 4.79 Å². The predicted octanol–water partition coefficient (Wildman–Crippen LogP) is 3.07. The summed E-state index contributed by atoms with van der Waals surface area (Å²) in [4.78, 5) is 17.2. The summed E-state index contributed by atoms with van der Waals surface area (Å²) in [6, 6.07) is 3.73. The van der Waals surface area contributed by atoms with Gasteiger partial charge in [0, 0.05) is 18.4 Å². The number of rotatable bonds is 6. The Morgan fingerprint density at radius 1 is 1.50 bits per heavy atom. The molecule has 0 radical (unpaired) electrons. The van der Waals surface area contributed by atoms with E-state index in [0.29, 0.717) is 23.4 Å². The number of amides is 1. The zero-order valence-electron chi connectivity index (χ0n) is 12.4. The monoisotopic (exact) mass is 318 g/mol. The van der Waals surface area contributed by atoms with Gasteiger partial charge in [0.15, 0.2) is 0 Å². The maximum Gasteiger partial charge on any atom is 0.277 e. The highest BCUT2D eigenvalue weighted by Gasteiger charge is 2.20. The lowest BCUT2D eigenvalue weighted by Gasteiger charge is -2.21. The number of nitrogens with one attached hydrogen (secondary N) is 1. The van der Waals surface area contributed by atoms with Gasteiger partial charge in [-0.25, -0.2) is 0 Å². The number of carbonyl (C=O) groups is 1. The van der Waals surface area contributed by atoms with Crippen LogP contribution in [-0.4, -0.2) is 38.3 Å². The molecule has 3 rings (SSSR count). The Morgan fingerprint density at radius 2 is 2.41 bits per heavy atom. The molecule has 2 aromatic rings. The van der Waals surface area contributed by atoms with Crippen LogP contribution in [0.25, 0.3) is 11.6 Å². The average Bonchev–Trinajstić information content (AvgIpc) is 3.26. The fourth-order valence-corrected chi connectivity index (χ4v) is 3.12. The second-order valence-corrected chi connectivity index (χ2v) is 5.90. The minimum absolute atomic E-state index is 0.0836. The van der Waals surface area contributed by atoms with E-state index >= 15 is 0 Å². The lowest BCUT2D eigenvalue weighted by Crippen LogP contribution is -2.31. The molecular formula is C15H18N4O2S. The zero-order chi connectivity index (χ0) is 15.4. The Kier molecular flexibility index (Phi) is 4.62. The van der Waals surface area contributed by atoms with Crippen LogP contribution < -0.4 is 0 Å². The Morgan fingerprint density at radius 3 is 3.09 bits per heavy atom. The molecule has 0 aromatic carbocycles. The standard InChI is InChI=1S/C15H18N4O2S/c1-2-19(11-6-3-4-7-11)13(20)10-22-15-18-17-14(21-15)12-8-5-9-16-12/h5-6,8-9,16H,2-4,7,10H2,1H3. The third kappa shape index (κ3) is 3.24.